The van der Waals surface area contributed by atoms with Crippen LogP contribution >= 0.6 is 0 Å². The molecule has 1 saturated heterocycles. The highest BCUT2D eigenvalue weighted by atomic mass is 16.5. The van der Waals surface area contributed by atoms with Crippen LogP contribution < -0.4 is 15.1 Å². The second-order valence-electron chi connectivity index (χ2n) is 10.6. The Morgan fingerprint density at radius 1 is 0.786 bits per heavy atom. The van der Waals surface area contributed by atoms with Crippen molar-refractivity contribution >= 4 is 16.9 Å². The van der Waals surface area contributed by atoms with E-state index in [2.05, 4.69) is 4.90 Å². The summed E-state index contributed by atoms with van der Waals surface area (Å²) in [7, 11) is 0. The summed E-state index contributed by atoms with van der Waals surface area (Å²) in [5.74, 6) is 0.669. The van der Waals surface area contributed by atoms with E-state index in [1.165, 1.54) is 19.3 Å². The van der Waals surface area contributed by atoms with Crippen LogP contribution in [0.25, 0.3) is 22.1 Å². The van der Waals surface area contributed by atoms with Crippen molar-refractivity contribution in [1.82, 2.24) is 4.90 Å². The van der Waals surface area contributed by atoms with Gasteiger partial charge in [-0.15, -0.1) is 0 Å². The van der Waals surface area contributed by atoms with Crippen molar-refractivity contribution in [2.24, 2.45) is 0 Å². The van der Waals surface area contributed by atoms with E-state index < -0.39 is 11.6 Å². The molecule has 0 saturated carbocycles. The Labute approximate surface area is 245 Å². The van der Waals surface area contributed by atoms with Crippen LogP contribution in [0.1, 0.15) is 40.7 Å². The number of carbonyl (C=O) groups excluding carboxylic acids is 1. The highest BCUT2D eigenvalue weighted by Crippen LogP contribution is 2.32. The lowest BCUT2D eigenvalue weighted by molar-refractivity contribution is 0.0735. The van der Waals surface area contributed by atoms with E-state index in [0.717, 1.165) is 47.5 Å². The molecule has 0 radical (unpaired) electrons. The van der Waals surface area contributed by atoms with Gasteiger partial charge in [-0.05, 0) is 85.4 Å². The lowest BCUT2D eigenvalue weighted by Gasteiger charge is -2.26. The molecule has 6 nitrogen and oxygen atoms in total. The molecule has 0 atom stereocenters. The first-order chi connectivity index (χ1) is 20.6. The van der Waals surface area contributed by atoms with Gasteiger partial charge in [-0.2, -0.15) is 0 Å². The molecule has 5 aromatic rings. The minimum atomic E-state index is -0.475. The van der Waals surface area contributed by atoms with Crippen molar-refractivity contribution in [2.75, 3.05) is 26.2 Å². The average Bonchev–Trinajstić information content (AvgIpc) is 3.03. The van der Waals surface area contributed by atoms with Gasteiger partial charge in [0.25, 0.3) is 0 Å². The van der Waals surface area contributed by atoms with Crippen molar-refractivity contribution < 1.29 is 18.7 Å². The fourth-order valence-electron chi connectivity index (χ4n) is 5.51. The summed E-state index contributed by atoms with van der Waals surface area (Å²) in [6.07, 6.45) is 4.38. The van der Waals surface area contributed by atoms with Crippen LogP contribution in [0.5, 0.6) is 11.5 Å². The molecule has 6 rings (SSSR count). The number of nitrogens with zero attached hydrogens (tertiary/aromatic N) is 1. The van der Waals surface area contributed by atoms with Gasteiger partial charge in [0.15, 0.2) is 0 Å². The van der Waals surface area contributed by atoms with Crippen molar-refractivity contribution in [1.29, 1.82) is 0 Å². The Kier molecular flexibility index (Phi) is 8.43. The first kappa shape index (κ1) is 27.5. The Hall–Kier alpha value is -4.68. The van der Waals surface area contributed by atoms with Crippen LogP contribution in [0.2, 0.25) is 0 Å². The van der Waals surface area contributed by atoms with E-state index in [-0.39, 0.29) is 0 Å². The molecule has 0 spiro atoms. The second-order valence-corrected chi connectivity index (χ2v) is 10.6. The summed E-state index contributed by atoms with van der Waals surface area (Å²) in [4.78, 5) is 28.5. The third kappa shape index (κ3) is 6.45. The lowest BCUT2D eigenvalue weighted by Crippen LogP contribution is -2.33. The maximum atomic E-state index is 13.4. The van der Waals surface area contributed by atoms with Crippen molar-refractivity contribution in [2.45, 2.75) is 25.7 Å². The molecule has 0 unspecified atom stereocenters. The van der Waals surface area contributed by atoms with E-state index >= 15 is 0 Å². The van der Waals surface area contributed by atoms with Crippen LogP contribution in [0.4, 0.5) is 0 Å². The summed E-state index contributed by atoms with van der Waals surface area (Å²) >= 11 is 0. The van der Waals surface area contributed by atoms with E-state index in [1.807, 2.05) is 66.7 Å². The van der Waals surface area contributed by atoms with E-state index in [0.29, 0.717) is 35.5 Å². The maximum absolute atomic E-state index is 13.4. The molecule has 42 heavy (non-hydrogen) atoms. The van der Waals surface area contributed by atoms with Gasteiger partial charge >= 0.3 is 11.6 Å². The molecule has 0 N–H and O–H groups in total. The minimum absolute atomic E-state index is 0.309. The number of rotatable bonds is 9. The zero-order valence-electron chi connectivity index (χ0n) is 23.5. The first-order valence-electron chi connectivity index (χ1n) is 14.5. The number of ether oxygens (including phenoxy) is 2. The maximum Gasteiger partial charge on any atom is 0.344 e. The monoisotopic (exact) mass is 559 g/mol. The van der Waals surface area contributed by atoms with Crippen molar-refractivity contribution in [3.05, 3.63) is 130 Å². The van der Waals surface area contributed by atoms with Crippen LogP contribution in [0, 0.1) is 0 Å². The normalized spacial score (nSPS) is 13.6. The number of benzene rings is 4. The molecule has 0 aliphatic carbocycles. The lowest BCUT2D eigenvalue weighted by atomic mass is 9.93. The van der Waals surface area contributed by atoms with Crippen molar-refractivity contribution in [3.8, 4) is 22.6 Å². The zero-order valence-corrected chi connectivity index (χ0v) is 23.5. The van der Waals surface area contributed by atoms with Crippen LogP contribution in [-0.4, -0.2) is 37.1 Å². The number of likely N-dealkylation sites (tertiary alicyclic amines) is 1. The van der Waals surface area contributed by atoms with Crippen LogP contribution in [0.3, 0.4) is 0 Å². The molecule has 0 amide bonds. The van der Waals surface area contributed by atoms with Gasteiger partial charge in [-0.3, -0.25) is 4.90 Å². The number of esters is 1. The number of piperidine rings is 1. The average molecular weight is 560 g/mol. The molecule has 6 heteroatoms. The van der Waals surface area contributed by atoms with E-state index in [4.69, 9.17) is 13.9 Å². The van der Waals surface area contributed by atoms with Gasteiger partial charge in [0.2, 0.25) is 0 Å². The molecule has 0 bridgehead atoms. The van der Waals surface area contributed by atoms with Gasteiger partial charge in [0, 0.05) is 18.0 Å². The third-order valence-corrected chi connectivity index (χ3v) is 7.70. The molecule has 1 aliphatic rings. The number of fused-ring (bicyclic) bond motifs is 1. The Morgan fingerprint density at radius 3 is 2.21 bits per heavy atom. The largest absolute Gasteiger partial charge is 0.492 e. The standard InChI is InChI=1S/C36H33NO5/c38-35(28-12-6-2-7-13-28)41-30-18-19-31-32(34(27-10-4-1-5-11-27)36(39)42-33(31)25-30)24-26-14-16-29(17-15-26)40-23-22-37-20-8-3-9-21-37/h1-2,4-7,10-19,25H,3,8-9,20-24H2. The predicted molar refractivity (Wildman–Crippen MR) is 164 cm³/mol. The Balaban J connectivity index is 1.27. The summed E-state index contributed by atoms with van der Waals surface area (Å²) in [5, 5.41) is 0.787. The Morgan fingerprint density at radius 2 is 1.48 bits per heavy atom. The summed E-state index contributed by atoms with van der Waals surface area (Å²) in [6, 6.07) is 31.6. The summed E-state index contributed by atoms with van der Waals surface area (Å²) < 4.78 is 17.4. The Bertz CT molecular complexity index is 1710. The number of hydrogen-bond donors (Lipinski definition) is 0. The SMILES string of the molecule is O=C(Oc1ccc2c(Cc3ccc(OCCN4CCCCC4)cc3)c(-c3ccccc3)c(=O)oc2c1)c1ccccc1. The molecule has 1 aliphatic heterocycles. The molecule has 2 heterocycles. The minimum Gasteiger partial charge on any atom is -0.492 e. The van der Waals surface area contributed by atoms with Gasteiger partial charge in [-0.25, -0.2) is 9.59 Å². The van der Waals surface area contributed by atoms with Gasteiger partial charge < -0.3 is 13.9 Å². The summed E-state index contributed by atoms with van der Waals surface area (Å²) in [6.45, 7) is 3.92. The molecular weight excluding hydrogens is 526 g/mol. The summed E-state index contributed by atoms with van der Waals surface area (Å²) in [5.41, 5.74) is 3.59. The van der Waals surface area contributed by atoms with Gasteiger partial charge in [0.05, 0.1) is 11.1 Å². The zero-order chi connectivity index (χ0) is 28.7. The number of carbonyl (C=O) groups is 1. The quantitative estimate of drug-likeness (QED) is 0.109. The fraction of sp³-hybridized carbons (Fsp3) is 0.222. The second kappa shape index (κ2) is 12.9. The molecule has 1 aromatic heterocycles. The van der Waals surface area contributed by atoms with Crippen LogP contribution in [-0.2, 0) is 6.42 Å². The molecule has 4 aromatic carbocycles. The number of hydrogen-bond acceptors (Lipinski definition) is 6. The van der Waals surface area contributed by atoms with Crippen LogP contribution in [0.15, 0.2) is 112 Å². The first-order valence-corrected chi connectivity index (χ1v) is 14.5. The predicted octanol–water partition coefficient (Wildman–Crippen LogP) is 7.13. The highest BCUT2D eigenvalue weighted by molar-refractivity contribution is 5.92. The highest BCUT2D eigenvalue weighted by Gasteiger charge is 2.18. The molecular formula is C36H33NO5. The van der Waals surface area contributed by atoms with Gasteiger partial charge in [0.1, 0.15) is 23.7 Å². The third-order valence-electron chi connectivity index (χ3n) is 7.70. The smallest absolute Gasteiger partial charge is 0.344 e. The molecule has 1 fully saturated rings. The fourth-order valence-corrected chi connectivity index (χ4v) is 5.51. The molecule has 212 valence electrons. The topological polar surface area (TPSA) is 69.0 Å². The van der Waals surface area contributed by atoms with E-state index in [1.54, 1.807) is 36.4 Å². The van der Waals surface area contributed by atoms with Gasteiger partial charge in [-0.1, -0.05) is 67.1 Å². The van der Waals surface area contributed by atoms with Crippen molar-refractivity contribution in [3.63, 3.8) is 0 Å². The van der Waals surface area contributed by atoms with E-state index in [9.17, 15) is 9.59 Å².